The molecule has 0 spiro atoms. The van der Waals surface area contributed by atoms with Gasteiger partial charge >= 0.3 is 6.61 Å². The third kappa shape index (κ3) is 7.48. The van der Waals surface area contributed by atoms with E-state index in [0.717, 1.165) is 12.1 Å². The van der Waals surface area contributed by atoms with Crippen molar-refractivity contribution in [2.45, 2.75) is 46.4 Å². The highest BCUT2D eigenvalue weighted by atomic mass is 19.3. The molecule has 2 N–H and O–H groups in total. The lowest BCUT2D eigenvalue weighted by molar-refractivity contribution is -0.0498. The quantitative estimate of drug-likeness (QED) is 0.648. The number of hydrogen-bond acceptors (Lipinski definition) is 2. The summed E-state index contributed by atoms with van der Waals surface area (Å²) in [5.41, 5.74) is 0.695. The van der Waals surface area contributed by atoms with E-state index in [-0.39, 0.29) is 11.3 Å². The van der Waals surface area contributed by atoms with Crippen LogP contribution in [0.25, 0.3) is 0 Å². The molecule has 0 amide bonds. The van der Waals surface area contributed by atoms with Crippen LogP contribution >= 0.6 is 0 Å². The summed E-state index contributed by atoms with van der Waals surface area (Å²) in [6.45, 7) is 6.41. The van der Waals surface area contributed by atoms with Crippen molar-refractivity contribution < 1.29 is 13.5 Å². The van der Waals surface area contributed by atoms with Crippen LogP contribution in [0.3, 0.4) is 0 Å². The largest absolute Gasteiger partial charge is 0.435 e. The SMILES string of the molecule is CCNC(=NCc1cccc(OC(F)F)c1)NC(C)(C)C. The molecule has 0 saturated carbocycles. The standard InChI is InChI=1S/C15H23F2N3O/c1-5-18-14(20-15(2,3)4)19-10-11-7-6-8-12(9-11)21-13(16)17/h6-9,13H,5,10H2,1-4H3,(H2,18,19,20). The molecule has 118 valence electrons. The van der Waals surface area contributed by atoms with Gasteiger partial charge in [-0.1, -0.05) is 12.1 Å². The third-order valence-corrected chi connectivity index (χ3v) is 2.38. The van der Waals surface area contributed by atoms with E-state index in [1.165, 1.54) is 6.07 Å². The zero-order valence-electron chi connectivity index (χ0n) is 12.9. The first-order valence-electron chi connectivity index (χ1n) is 6.90. The molecular formula is C15H23F2N3O. The number of alkyl halides is 2. The minimum atomic E-state index is -2.82. The van der Waals surface area contributed by atoms with Crippen LogP contribution in [0, 0.1) is 0 Å². The lowest BCUT2D eigenvalue weighted by Crippen LogP contribution is -2.47. The number of hydrogen-bond donors (Lipinski definition) is 2. The molecule has 1 rings (SSSR count). The molecule has 0 bridgehead atoms. The van der Waals surface area contributed by atoms with Crippen molar-refractivity contribution in [3.05, 3.63) is 29.8 Å². The third-order valence-electron chi connectivity index (χ3n) is 2.38. The molecule has 0 fully saturated rings. The lowest BCUT2D eigenvalue weighted by Gasteiger charge is -2.23. The second-order valence-electron chi connectivity index (χ2n) is 5.60. The summed E-state index contributed by atoms with van der Waals surface area (Å²) in [4.78, 5) is 4.44. The molecule has 0 aromatic heterocycles. The fraction of sp³-hybridized carbons (Fsp3) is 0.533. The predicted octanol–water partition coefficient (Wildman–Crippen LogP) is 3.14. The van der Waals surface area contributed by atoms with Crippen LogP contribution in [0.5, 0.6) is 5.75 Å². The summed E-state index contributed by atoms with van der Waals surface area (Å²) in [6.07, 6.45) is 0. The van der Waals surface area contributed by atoms with Crippen molar-refractivity contribution in [1.82, 2.24) is 10.6 Å². The first kappa shape index (κ1) is 17.2. The molecule has 1 aromatic carbocycles. The summed E-state index contributed by atoms with van der Waals surface area (Å²) >= 11 is 0. The molecular weight excluding hydrogens is 276 g/mol. The normalized spacial score (nSPS) is 12.4. The first-order chi connectivity index (χ1) is 9.80. The highest BCUT2D eigenvalue weighted by Gasteiger charge is 2.11. The Morgan fingerprint density at radius 1 is 1.33 bits per heavy atom. The number of nitrogens with one attached hydrogen (secondary N) is 2. The van der Waals surface area contributed by atoms with Crippen LogP contribution in [0.2, 0.25) is 0 Å². The van der Waals surface area contributed by atoms with Crippen LogP contribution in [-0.4, -0.2) is 24.7 Å². The van der Waals surface area contributed by atoms with Crippen LogP contribution < -0.4 is 15.4 Å². The van der Waals surface area contributed by atoms with Crippen molar-refractivity contribution in [3.8, 4) is 5.75 Å². The number of nitrogens with zero attached hydrogens (tertiary/aromatic N) is 1. The number of guanidine groups is 1. The van der Waals surface area contributed by atoms with Crippen LogP contribution in [0.4, 0.5) is 8.78 Å². The van der Waals surface area contributed by atoms with E-state index < -0.39 is 6.61 Å². The van der Waals surface area contributed by atoms with Crippen molar-refractivity contribution in [1.29, 1.82) is 0 Å². The number of halogens is 2. The van der Waals surface area contributed by atoms with Gasteiger partial charge in [0, 0.05) is 12.1 Å². The van der Waals surface area contributed by atoms with Crippen molar-refractivity contribution >= 4 is 5.96 Å². The fourth-order valence-electron chi connectivity index (χ4n) is 1.65. The Kier molecular flexibility index (Phi) is 6.39. The molecule has 0 radical (unpaired) electrons. The van der Waals surface area contributed by atoms with Gasteiger partial charge in [0.15, 0.2) is 5.96 Å². The number of ether oxygens (including phenoxy) is 1. The van der Waals surface area contributed by atoms with Crippen LogP contribution in [-0.2, 0) is 6.54 Å². The maximum atomic E-state index is 12.2. The molecule has 4 nitrogen and oxygen atoms in total. The molecule has 0 aliphatic heterocycles. The van der Waals surface area contributed by atoms with Crippen LogP contribution in [0.1, 0.15) is 33.3 Å². The Morgan fingerprint density at radius 3 is 2.62 bits per heavy atom. The molecule has 0 saturated heterocycles. The summed E-state index contributed by atoms with van der Waals surface area (Å²) in [5.74, 6) is 0.830. The Balaban J connectivity index is 2.75. The monoisotopic (exact) mass is 299 g/mol. The van der Waals surface area contributed by atoms with Gasteiger partial charge in [-0.15, -0.1) is 0 Å². The van der Waals surface area contributed by atoms with Crippen molar-refractivity contribution in [3.63, 3.8) is 0 Å². The van der Waals surface area contributed by atoms with Gasteiger partial charge < -0.3 is 15.4 Å². The smallest absolute Gasteiger partial charge is 0.387 e. The minimum absolute atomic E-state index is 0.109. The summed E-state index contributed by atoms with van der Waals surface area (Å²) in [6, 6.07) is 6.56. The molecule has 0 aliphatic carbocycles. The van der Waals surface area contributed by atoms with Gasteiger partial charge in [0.1, 0.15) is 5.75 Å². The Hall–Kier alpha value is -1.85. The second-order valence-corrected chi connectivity index (χ2v) is 5.60. The highest BCUT2D eigenvalue weighted by molar-refractivity contribution is 5.80. The molecule has 21 heavy (non-hydrogen) atoms. The van der Waals surface area contributed by atoms with Crippen LogP contribution in [0.15, 0.2) is 29.3 Å². The van der Waals surface area contributed by atoms with E-state index >= 15 is 0 Å². The lowest BCUT2D eigenvalue weighted by atomic mass is 10.1. The summed E-state index contributed by atoms with van der Waals surface area (Å²) < 4.78 is 28.7. The number of aliphatic imine (C=N–C) groups is 1. The summed E-state index contributed by atoms with van der Waals surface area (Å²) in [7, 11) is 0. The van der Waals surface area contributed by atoms with Gasteiger partial charge in [-0.25, -0.2) is 4.99 Å². The Morgan fingerprint density at radius 2 is 2.05 bits per heavy atom. The molecule has 0 aliphatic rings. The fourth-order valence-corrected chi connectivity index (χ4v) is 1.65. The first-order valence-corrected chi connectivity index (χ1v) is 6.90. The van der Waals surface area contributed by atoms with E-state index in [9.17, 15) is 8.78 Å². The van der Waals surface area contributed by atoms with Gasteiger partial charge in [0.05, 0.1) is 6.54 Å². The average molecular weight is 299 g/mol. The zero-order chi connectivity index (χ0) is 15.9. The molecule has 6 heteroatoms. The number of benzene rings is 1. The Labute approximate surface area is 124 Å². The molecule has 0 heterocycles. The van der Waals surface area contributed by atoms with Gasteiger partial charge in [-0.05, 0) is 45.4 Å². The molecule has 1 aromatic rings. The maximum Gasteiger partial charge on any atom is 0.387 e. The maximum absolute atomic E-state index is 12.2. The molecule has 0 atom stereocenters. The van der Waals surface area contributed by atoms with E-state index in [0.29, 0.717) is 12.5 Å². The minimum Gasteiger partial charge on any atom is -0.435 e. The van der Waals surface area contributed by atoms with E-state index in [1.807, 2.05) is 33.8 Å². The topological polar surface area (TPSA) is 45.7 Å². The van der Waals surface area contributed by atoms with Gasteiger partial charge in [0.2, 0.25) is 0 Å². The zero-order valence-corrected chi connectivity index (χ0v) is 12.9. The van der Waals surface area contributed by atoms with E-state index in [2.05, 4.69) is 20.4 Å². The molecule has 0 unspecified atom stereocenters. The second kappa shape index (κ2) is 7.81. The average Bonchev–Trinajstić information content (AvgIpc) is 2.34. The van der Waals surface area contributed by atoms with Gasteiger partial charge in [-0.2, -0.15) is 8.78 Å². The van der Waals surface area contributed by atoms with E-state index in [4.69, 9.17) is 0 Å². The van der Waals surface area contributed by atoms with Gasteiger partial charge in [-0.3, -0.25) is 0 Å². The summed E-state index contributed by atoms with van der Waals surface area (Å²) in [5, 5.41) is 6.41. The van der Waals surface area contributed by atoms with Crippen molar-refractivity contribution in [2.75, 3.05) is 6.54 Å². The van der Waals surface area contributed by atoms with Crippen molar-refractivity contribution in [2.24, 2.45) is 4.99 Å². The Bertz CT molecular complexity index is 470. The highest BCUT2D eigenvalue weighted by Crippen LogP contribution is 2.16. The number of rotatable bonds is 5. The predicted molar refractivity (Wildman–Crippen MR) is 80.8 cm³/mol. The van der Waals surface area contributed by atoms with E-state index in [1.54, 1.807) is 12.1 Å². The van der Waals surface area contributed by atoms with Gasteiger partial charge in [0.25, 0.3) is 0 Å².